The zero-order chi connectivity index (χ0) is 23.5. The number of aliphatic hydroxyl groups is 1. The van der Waals surface area contributed by atoms with E-state index in [2.05, 4.69) is 9.88 Å². The van der Waals surface area contributed by atoms with Crippen molar-refractivity contribution in [3.63, 3.8) is 0 Å². The van der Waals surface area contributed by atoms with E-state index in [4.69, 9.17) is 16.0 Å². The van der Waals surface area contributed by atoms with Crippen LogP contribution < -0.4 is 4.90 Å². The van der Waals surface area contributed by atoms with Gasteiger partial charge in [-0.3, -0.25) is 4.79 Å². The molecule has 1 aliphatic heterocycles. The lowest BCUT2D eigenvalue weighted by Crippen LogP contribution is -2.42. The molecule has 2 aromatic carbocycles. The van der Waals surface area contributed by atoms with Gasteiger partial charge < -0.3 is 14.4 Å². The van der Waals surface area contributed by atoms with Gasteiger partial charge in [0, 0.05) is 36.3 Å². The molecule has 1 aliphatic rings. The molecule has 5 nitrogen and oxygen atoms in total. The lowest BCUT2D eigenvalue weighted by molar-refractivity contribution is 0.0116. The highest BCUT2D eigenvalue weighted by Gasteiger charge is 2.34. The minimum atomic E-state index is -0.794. The minimum absolute atomic E-state index is 0.0966. The van der Waals surface area contributed by atoms with Crippen LogP contribution in [0.25, 0.3) is 11.3 Å². The Bertz CT molecular complexity index is 1260. The number of pyridine rings is 1. The van der Waals surface area contributed by atoms with Gasteiger partial charge in [0.15, 0.2) is 5.76 Å². The highest BCUT2D eigenvalue weighted by atomic mass is 35.5. The van der Waals surface area contributed by atoms with E-state index in [1.165, 1.54) is 0 Å². The molecule has 1 saturated heterocycles. The normalized spacial score (nSPS) is 15.3. The van der Waals surface area contributed by atoms with Crippen molar-refractivity contribution < 1.29 is 14.3 Å². The maximum atomic E-state index is 12.7. The topological polar surface area (TPSA) is 66.6 Å². The van der Waals surface area contributed by atoms with Gasteiger partial charge in [-0.25, -0.2) is 4.98 Å². The van der Waals surface area contributed by atoms with Crippen LogP contribution in [0.15, 0.2) is 89.5 Å². The summed E-state index contributed by atoms with van der Waals surface area (Å²) >= 11 is 5.94. The number of anilines is 1. The minimum Gasteiger partial charge on any atom is -0.453 e. The van der Waals surface area contributed by atoms with Gasteiger partial charge in [0.1, 0.15) is 11.6 Å². The molecular formula is C28H25ClN2O3. The van der Waals surface area contributed by atoms with Gasteiger partial charge >= 0.3 is 0 Å². The molecule has 0 amide bonds. The molecule has 172 valence electrons. The first-order chi connectivity index (χ1) is 16.5. The summed E-state index contributed by atoms with van der Waals surface area (Å²) in [5.74, 6) is 1.72. The van der Waals surface area contributed by atoms with Crippen LogP contribution in [0.1, 0.15) is 34.5 Å². The Labute approximate surface area is 203 Å². The second-order valence-corrected chi connectivity index (χ2v) is 9.12. The number of halogens is 1. The number of ketones is 1. The van der Waals surface area contributed by atoms with Crippen molar-refractivity contribution in [1.82, 2.24) is 4.98 Å². The highest BCUT2D eigenvalue weighted by molar-refractivity contribution is 6.30. The van der Waals surface area contributed by atoms with Crippen molar-refractivity contribution in [1.29, 1.82) is 0 Å². The van der Waals surface area contributed by atoms with Crippen molar-refractivity contribution >= 4 is 23.2 Å². The fraction of sp³-hybridized carbons (Fsp3) is 0.214. The Hall–Kier alpha value is -3.41. The summed E-state index contributed by atoms with van der Waals surface area (Å²) in [6, 6.07) is 24.5. The molecule has 4 aromatic rings. The third-order valence-electron chi connectivity index (χ3n) is 6.41. The molecule has 0 atom stereocenters. The summed E-state index contributed by atoms with van der Waals surface area (Å²) in [5.41, 5.74) is 1.87. The summed E-state index contributed by atoms with van der Waals surface area (Å²) < 4.78 is 5.77. The molecule has 5 rings (SSSR count). The molecule has 0 bridgehead atoms. The van der Waals surface area contributed by atoms with E-state index in [0.29, 0.717) is 29.4 Å². The number of benzene rings is 2. The van der Waals surface area contributed by atoms with Crippen LogP contribution in [-0.4, -0.2) is 29.0 Å². The summed E-state index contributed by atoms with van der Waals surface area (Å²) in [6.45, 7) is 1.44. The second kappa shape index (κ2) is 9.45. The first kappa shape index (κ1) is 22.4. The van der Waals surface area contributed by atoms with Crippen LogP contribution in [0.3, 0.4) is 0 Å². The monoisotopic (exact) mass is 472 g/mol. The van der Waals surface area contributed by atoms with Crippen molar-refractivity contribution in [2.45, 2.75) is 24.9 Å². The third-order valence-corrected chi connectivity index (χ3v) is 6.66. The SMILES string of the molecule is O=C(Cc1ccc(N2CCC(O)(c3ccccc3)CC2)nc1)c1ccc(-c2ccc(Cl)cc2)o1. The zero-order valence-corrected chi connectivity index (χ0v) is 19.4. The molecule has 0 spiro atoms. The van der Waals surface area contributed by atoms with Gasteiger partial charge in [0.2, 0.25) is 5.78 Å². The van der Waals surface area contributed by atoms with E-state index in [1.807, 2.05) is 54.6 Å². The summed E-state index contributed by atoms with van der Waals surface area (Å²) in [7, 11) is 0. The van der Waals surface area contributed by atoms with Crippen molar-refractivity contribution in [2.24, 2.45) is 0 Å². The lowest BCUT2D eigenvalue weighted by atomic mass is 9.84. The molecular weight excluding hydrogens is 448 g/mol. The smallest absolute Gasteiger partial charge is 0.202 e. The van der Waals surface area contributed by atoms with Gasteiger partial charge in [-0.2, -0.15) is 0 Å². The zero-order valence-electron chi connectivity index (χ0n) is 18.7. The fourth-order valence-electron chi connectivity index (χ4n) is 4.38. The number of Topliss-reactive ketones (excluding diaryl/α,β-unsaturated/α-hetero) is 1. The summed E-state index contributed by atoms with van der Waals surface area (Å²) in [6.07, 6.45) is 3.25. The molecule has 2 aromatic heterocycles. The first-order valence-electron chi connectivity index (χ1n) is 11.4. The number of furan rings is 1. The van der Waals surface area contributed by atoms with Crippen LogP contribution in [0.4, 0.5) is 5.82 Å². The Morgan fingerprint density at radius 1 is 0.971 bits per heavy atom. The Kier molecular flexibility index (Phi) is 6.22. The lowest BCUT2D eigenvalue weighted by Gasteiger charge is -2.39. The molecule has 0 aliphatic carbocycles. The van der Waals surface area contributed by atoms with E-state index in [1.54, 1.807) is 30.5 Å². The molecule has 1 fully saturated rings. The second-order valence-electron chi connectivity index (χ2n) is 8.68. The maximum Gasteiger partial charge on any atom is 0.202 e. The number of rotatable bonds is 6. The van der Waals surface area contributed by atoms with Crippen LogP contribution in [0.2, 0.25) is 5.02 Å². The Morgan fingerprint density at radius 2 is 1.71 bits per heavy atom. The maximum absolute atomic E-state index is 12.7. The predicted molar refractivity (Wildman–Crippen MR) is 133 cm³/mol. The average Bonchev–Trinajstić information content (AvgIpc) is 3.37. The molecule has 0 radical (unpaired) electrons. The average molecular weight is 473 g/mol. The largest absolute Gasteiger partial charge is 0.453 e. The van der Waals surface area contributed by atoms with E-state index in [9.17, 15) is 9.90 Å². The number of hydrogen-bond donors (Lipinski definition) is 1. The van der Waals surface area contributed by atoms with Crippen LogP contribution in [0.5, 0.6) is 0 Å². The number of carbonyl (C=O) groups is 1. The fourth-order valence-corrected chi connectivity index (χ4v) is 4.51. The molecule has 34 heavy (non-hydrogen) atoms. The number of hydrogen-bond acceptors (Lipinski definition) is 5. The van der Waals surface area contributed by atoms with Gasteiger partial charge in [0.25, 0.3) is 0 Å². The van der Waals surface area contributed by atoms with Gasteiger partial charge in [0.05, 0.1) is 5.60 Å². The van der Waals surface area contributed by atoms with E-state index in [-0.39, 0.29) is 12.2 Å². The van der Waals surface area contributed by atoms with Crippen molar-refractivity contribution in [3.8, 4) is 11.3 Å². The van der Waals surface area contributed by atoms with Crippen LogP contribution >= 0.6 is 11.6 Å². The molecule has 6 heteroatoms. The number of nitrogens with zero attached hydrogens (tertiary/aromatic N) is 2. The predicted octanol–water partition coefficient (Wildman–Crippen LogP) is 5.91. The van der Waals surface area contributed by atoms with Gasteiger partial charge in [-0.05, 0) is 66.4 Å². The van der Waals surface area contributed by atoms with E-state index < -0.39 is 5.60 Å². The van der Waals surface area contributed by atoms with E-state index in [0.717, 1.165) is 35.6 Å². The number of carbonyl (C=O) groups excluding carboxylic acids is 1. The first-order valence-corrected chi connectivity index (χ1v) is 11.7. The molecule has 1 N–H and O–H groups in total. The van der Waals surface area contributed by atoms with Crippen molar-refractivity contribution in [2.75, 3.05) is 18.0 Å². The summed E-state index contributed by atoms with van der Waals surface area (Å²) in [5, 5.41) is 11.7. The van der Waals surface area contributed by atoms with Gasteiger partial charge in [-0.15, -0.1) is 0 Å². The van der Waals surface area contributed by atoms with Crippen LogP contribution in [0, 0.1) is 0 Å². The van der Waals surface area contributed by atoms with E-state index >= 15 is 0 Å². The summed E-state index contributed by atoms with van der Waals surface area (Å²) in [4.78, 5) is 19.5. The molecule has 3 heterocycles. The Morgan fingerprint density at radius 3 is 2.38 bits per heavy atom. The number of piperidine rings is 1. The van der Waals surface area contributed by atoms with Crippen molar-refractivity contribution in [3.05, 3.63) is 107 Å². The highest BCUT2D eigenvalue weighted by Crippen LogP contribution is 2.34. The van der Waals surface area contributed by atoms with Gasteiger partial charge in [-0.1, -0.05) is 48.0 Å². The standard InChI is InChI=1S/C28H25ClN2O3/c29-23-9-7-21(8-10-23)25-11-12-26(34-25)24(32)18-20-6-13-27(30-19-20)31-16-14-28(33,15-17-31)22-4-2-1-3-5-22/h1-13,19,33H,14-18H2. The van der Waals surface area contributed by atoms with Crippen LogP contribution in [-0.2, 0) is 12.0 Å². The third kappa shape index (κ3) is 4.76. The molecule has 0 unspecified atom stereocenters. The molecule has 0 saturated carbocycles. The Balaban J connectivity index is 1.20. The quantitative estimate of drug-likeness (QED) is 0.353. The number of aromatic nitrogens is 1.